The van der Waals surface area contributed by atoms with Gasteiger partial charge in [-0.05, 0) is 17.7 Å². The summed E-state index contributed by atoms with van der Waals surface area (Å²) in [6, 6.07) is 6.06. The van der Waals surface area contributed by atoms with Crippen molar-refractivity contribution < 1.29 is 13.9 Å². The lowest BCUT2D eigenvalue weighted by Gasteiger charge is -1.98. The van der Waals surface area contributed by atoms with Crippen LogP contribution in [0.15, 0.2) is 34.9 Å². The number of aryl methyl sites for hydroxylation is 1. The molecule has 0 aliphatic carbocycles. The van der Waals surface area contributed by atoms with Gasteiger partial charge in [-0.2, -0.15) is 0 Å². The number of benzene rings is 1. The van der Waals surface area contributed by atoms with E-state index in [1.165, 1.54) is 18.4 Å². The molecule has 0 saturated heterocycles. The molecule has 0 spiro atoms. The van der Waals surface area contributed by atoms with Gasteiger partial charge < -0.3 is 9.52 Å². The van der Waals surface area contributed by atoms with Crippen molar-refractivity contribution in [2.75, 3.05) is 0 Å². The highest BCUT2D eigenvalue weighted by Gasteiger charge is 2.12. The number of halogens is 1. The van der Waals surface area contributed by atoms with Gasteiger partial charge in [0, 0.05) is 6.42 Å². The average Bonchev–Trinajstić information content (AvgIpc) is 2.59. The number of hydrogen-bond donors (Lipinski definition) is 1. The molecule has 0 aliphatic heterocycles. The molecule has 0 radical (unpaired) electrons. The third-order valence-electron chi connectivity index (χ3n) is 2.30. The monoisotopic (exact) mass is 206 g/mol. The molecule has 78 valence electrons. The highest BCUT2D eigenvalue weighted by atomic mass is 19.1. The Balaban J connectivity index is 2.49. The van der Waals surface area contributed by atoms with Gasteiger partial charge in [0.05, 0.1) is 5.56 Å². The van der Waals surface area contributed by atoms with Crippen molar-refractivity contribution in [3.05, 3.63) is 42.1 Å². The van der Waals surface area contributed by atoms with Gasteiger partial charge in [0.15, 0.2) is 5.75 Å². The second-order valence-electron chi connectivity index (χ2n) is 3.29. The molecule has 1 aromatic heterocycles. The summed E-state index contributed by atoms with van der Waals surface area (Å²) in [7, 11) is 0. The Labute approximate surface area is 87.0 Å². The molecule has 0 aliphatic rings. The van der Waals surface area contributed by atoms with Crippen LogP contribution in [0.4, 0.5) is 4.39 Å². The van der Waals surface area contributed by atoms with Gasteiger partial charge in [-0.15, -0.1) is 0 Å². The van der Waals surface area contributed by atoms with E-state index in [-0.39, 0.29) is 11.6 Å². The zero-order valence-electron chi connectivity index (χ0n) is 8.33. The molecule has 0 saturated carbocycles. The standard InChI is InChI=1S/C12H11FO2/c1-2-11-12(14)10(7-15-11)8-4-3-5-9(13)6-8/h3-7,14H,2H2,1H3. The quantitative estimate of drug-likeness (QED) is 0.817. The molecule has 0 bridgehead atoms. The molecule has 0 unspecified atom stereocenters. The second kappa shape index (κ2) is 3.77. The molecule has 0 atom stereocenters. The summed E-state index contributed by atoms with van der Waals surface area (Å²) in [4.78, 5) is 0. The minimum absolute atomic E-state index is 0.100. The van der Waals surface area contributed by atoms with Crippen molar-refractivity contribution in [3.63, 3.8) is 0 Å². The van der Waals surface area contributed by atoms with Gasteiger partial charge in [0.1, 0.15) is 17.8 Å². The Morgan fingerprint density at radius 3 is 2.80 bits per heavy atom. The Kier molecular flexibility index (Phi) is 2.46. The zero-order valence-corrected chi connectivity index (χ0v) is 8.33. The van der Waals surface area contributed by atoms with E-state index in [2.05, 4.69) is 0 Å². The Bertz CT molecular complexity index is 474. The Morgan fingerprint density at radius 2 is 2.20 bits per heavy atom. The van der Waals surface area contributed by atoms with Crippen molar-refractivity contribution in [3.8, 4) is 16.9 Å². The molecule has 2 aromatic rings. The van der Waals surface area contributed by atoms with E-state index in [0.29, 0.717) is 23.3 Å². The molecule has 2 nitrogen and oxygen atoms in total. The molecule has 1 heterocycles. The van der Waals surface area contributed by atoms with E-state index in [1.54, 1.807) is 12.1 Å². The van der Waals surface area contributed by atoms with E-state index in [1.807, 2.05) is 6.92 Å². The van der Waals surface area contributed by atoms with Crippen LogP contribution in [0.1, 0.15) is 12.7 Å². The van der Waals surface area contributed by atoms with Gasteiger partial charge in [-0.25, -0.2) is 4.39 Å². The highest BCUT2D eigenvalue weighted by molar-refractivity contribution is 5.70. The molecular weight excluding hydrogens is 195 g/mol. The summed E-state index contributed by atoms with van der Waals surface area (Å²) in [5, 5.41) is 9.76. The van der Waals surface area contributed by atoms with Crippen LogP contribution in [0.25, 0.3) is 11.1 Å². The van der Waals surface area contributed by atoms with Crippen LogP contribution in [-0.4, -0.2) is 5.11 Å². The van der Waals surface area contributed by atoms with E-state index in [9.17, 15) is 9.50 Å². The van der Waals surface area contributed by atoms with E-state index < -0.39 is 0 Å². The molecule has 0 amide bonds. The van der Waals surface area contributed by atoms with Crippen LogP contribution >= 0.6 is 0 Å². The molecule has 15 heavy (non-hydrogen) atoms. The van der Waals surface area contributed by atoms with E-state index in [4.69, 9.17) is 4.42 Å². The van der Waals surface area contributed by atoms with Crippen LogP contribution in [0.3, 0.4) is 0 Å². The van der Waals surface area contributed by atoms with Crippen molar-refractivity contribution in [1.29, 1.82) is 0 Å². The zero-order chi connectivity index (χ0) is 10.8. The third-order valence-corrected chi connectivity index (χ3v) is 2.30. The van der Waals surface area contributed by atoms with Crippen LogP contribution in [0.2, 0.25) is 0 Å². The number of aromatic hydroxyl groups is 1. The van der Waals surface area contributed by atoms with Crippen LogP contribution in [-0.2, 0) is 6.42 Å². The van der Waals surface area contributed by atoms with E-state index in [0.717, 1.165) is 0 Å². The summed E-state index contributed by atoms with van der Waals surface area (Å²) in [5.41, 5.74) is 1.15. The maximum absolute atomic E-state index is 13.0. The topological polar surface area (TPSA) is 33.4 Å². The molecule has 1 aromatic carbocycles. The number of furan rings is 1. The first-order valence-corrected chi connectivity index (χ1v) is 4.77. The van der Waals surface area contributed by atoms with Crippen LogP contribution in [0, 0.1) is 5.82 Å². The predicted molar refractivity (Wildman–Crippen MR) is 55.1 cm³/mol. The minimum atomic E-state index is -0.328. The maximum atomic E-state index is 13.0. The first-order valence-electron chi connectivity index (χ1n) is 4.77. The van der Waals surface area contributed by atoms with Crippen molar-refractivity contribution in [1.82, 2.24) is 0 Å². The fourth-order valence-electron chi connectivity index (χ4n) is 1.50. The Hall–Kier alpha value is -1.77. The molecule has 2 rings (SSSR count). The average molecular weight is 206 g/mol. The minimum Gasteiger partial charge on any atom is -0.504 e. The SMILES string of the molecule is CCc1occ(-c2cccc(F)c2)c1O. The van der Waals surface area contributed by atoms with E-state index >= 15 is 0 Å². The number of rotatable bonds is 2. The van der Waals surface area contributed by atoms with Gasteiger partial charge in [-0.3, -0.25) is 0 Å². The maximum Gasteiger partial charge on any atom is 0.165 e. The predicted octanol–water partition coefficient (Wildman–Crippen LogP) is 3.35. The second-order valence-corrected chi connectivity index (χ2v) is 3.29. The summed E-state index contributed by atoms with van der Waals surface area (Å²) < 4.78 is 18.1. The van der Waals surface area contributed by atoms with Gasteiger partial charge in [0.2, 0.25) is 0 Å². The first-order chi connectivity index (χ1) is 7.22. The number of hydrogen-bond acceptors (Lipinski definition) is 2. The molecular formula is C12H11FO2. The highest BCUT2D eigenvalue weighted by Crippen LogP contribution is 2.34. The summed E-state index contributed by atoms with van der Waals surface area (Å²) in [5.74, 6) is 0.295. The van der Waals surface area contributed by atoms with Gasteiger partial charge in [0.25, 0.3) is 0 Å². The van der Waals surface area contributed by atoms with Gasteiger partial charge >= 0.3 is 0 Å². The first kappa shape index (κ1) is 9.77. The lowest BCUT2D eigenvalue weighted by molar-refractivity contribution is 0.434. The normalized spacial score (nSPS) is 10.5. The smallest absolute Gasteiger partial charge is 0.165 e. The summed E-state index contributed by atoms with van der Waals surface area (Å²) in [6.07, 6.45) is 2.06. The molecule has 0 fully saturated rings. The van der Waals surface area contributed by atoms with Gasteiger partial charge in [-0.1, -0.05) is 19.1 Å². The third kappa shape index (κ3) is 1.73. The largest absolute Gasteiger partial charge is 0.504 e. The summed E-state index contributed by atoms with van der Waals surface area (Å²) >= 11 is 0. The molecule has 1 N–H and O–H groups in total. The molecule has 3 heteroatoms. The lowest BCUT2D eigenvalue weighted by Crippen LogP contribution is -1.79. The fraction of sp³-hybridized carbons (Fsp3) is 0.167. The van der Waals surface area contributed by atoms with Crippen molar-refractivity contribution >= 4 is 0 Å². The fourth-order valence-corrected chi connectivity index (χ4v) is 1.50. The van der Waals surface area contributed by atoms with Crippen LogP contribution < -0.4 is 0 Å². The Morgan fingerprint density at radius 1 is 1.40 bits per heavy atom. The van der Waals surface area contributed by atoms with Crippen LogP contribution in [0.5, 0.6) is 5.75 Å². The van der Waals surface area contributed by atoms with Crippen molar-refractivity contribution in [2.24, 2.45) is 0 Å². The van der Waals surface area contributed by atoms with Crippen molar-refractivity contribution in [2.45, 2.75) is 13.3 Å². The summed E-state index contributed by atoms with van der Waals surface area (Å²) in [6.45, 7) is 1.88. The lowest BCUT2D eigenvalue weighted by atomic mass is 10.1.